The van der Waals surface area contributed by atoms with Crippen LogP contribution in [0, 0.1) is 0 Å². The number of aliphatic hydroxyl groups excluding tert-OH is 1. The second-order valence-corrected chi connectivity index (χ2v) is 3.36. The molecule has 0 amide bonds. The van der Waals surface area contributed by atoms with Gasteiger partial charge in [-0.2, -0.15) is 0 Å². The maximum Gasteiger partial charge on any atom is 0.302 e. The molecule has 0 spiro atoms. The normalized spacial score (nSPS) is 10.3. The molecule has 0 atom stereocenters. The zero-order valence-corrected chi connectivity index (χ0v) is 10.7. The van der Waals surface area contributed by atoms with E-state index >= 15 is 0 Å². The van der Waals surface area contributed by atoms with Gasteiger partial charge < -0.3 is 14.3 Å². The Hall–Kier alpha value is -0.610. The van der Waals surface area contributed by atoms with Crippen LogP contribution in [0.4, 0.5) is 0 Å². The van der Waals surface area contributed by atoms with Gasteiger partial charge in [0.25, 0.3) is 0 Å². The second kappa shape index (κ2) is 9.93. The average Bonchev–Trinajstić information content (AvgIpc) is 2.23. The minimum atomic E-state index is -0.211. The number of esters is 1. The summed E-state index contributed by atoms with van der Waals surface area (Å²) in [6, 6.07) is 0. The lowest BCUT2D eigenvalue weighted by atomic mass is 10.4. The summed E-state index contributed by atoms with van der Waals surface area (Å²) in [4.78, 5) is 9.82. The molecule has 0 bridgehead atoms. The van der Waals surface area contributed by atoms with Crippen molar-refractivity contribution in [1.82, 2.24) is 0 Å². The van der Waals surface area contributed by atoms with Gasteiger partial charge in [-0.05, 0) is 27.7 Å². The molecule has 0 aromatic carbocycles. The molecule has 0 saturated carbocycles. The fourth-order valence-electron chi connectivity index (χ4n) is 1.17. The van der Waals surface area contributed by atoms with Gasteiger partial charge in [-0.25, -0.2) is 0 Å². The molecule has 15 heavy (non-hydrogen) atoms. The molecule has 0 saturated heterocycles. The highest BCUT2D eigenvalue weighted by Crippen LogP contribution is 2.01. The average molecular weight is 220 g/mol. The quantitative estimate of drug-likeness (QED) is 0.432. The molecule has 4 nitrogen and oxygen atoms in total. The SMILES string of the molecule is CCOC(C)=O.CC[N+](CC)(CC)CO. The third-order valence-electron chi connectivity index (χ3n) is 2.66. The van der Waals surface area contributed by atoms with Crippen LogP contribution in [0.25, 0.3) is 0 Å². The first kappa shape index (κ1) is 16.8. The van der Waals surface area contributed by atoms with Crippen LogP contribution in [-0.2, 0) is 9.53 Å². The van der Waals surface area contributed by atoms with Crippen LogP contribution in [0.2, 0.25) is 0 Å². The van der Waals surface area contributed by atoms with E-state index in [9.17, 15) is 4.79 Å². The molecule has 0 heterocycles. The molecule has 4 heteroatoms. The summed E-state index contributed by atoms with van der Waals surface area (Å²) in [5.74, 6) is -0.211. The van der Waals surface area contributed by atoms with E-state index in [4.69, 9.17) is 5.11 Å². The zero-order valence-electron chi connectivity index (χ0n) is 10.7. The van der Waals surface area contributed by atoms with Crippen LogP contribution >= 0.6 is 0 Å². The van der Waals surface area contributed by atoms with Crippen LogP contribution in [0.3, 0.4) is 0 Å². The van der Waals surface area contributed by atoms with Gasteiger partial charge in [0.05, 0.1) is 26.2 Å². The summed E-state index contributed by atoms with van der Waals surface area (Å²) in [6.45, 7) is 13.4. The standard InChI is InChI=1S/C7H18NO.C4H8O2/c1-4-8(5-2,6-3)7-9;1-3-6-4(2)5/h9H,4-7H2,1-3H3;3H2,1-2H3/q+1;. The molecular weight excluding hydrogens is 194 g/mol. The van der Waals surface area contributed by atoms with Crippen LogP contribution in [0.5, 0.6) is 0 Å². The van der Waals surface area contributed by atoms with E-state index in [1.54, 1.807) is 6.92 Å². The highest BCUT2D eigenvalue weighted by atomic mass is 16.5. The number of hydrogen-bond donors (Lipinski definition) is 1. The van der Waals surface area contributed by atoms with Crippen LogP contribution in [0.15, 0.2) is 0 Å². The molecular formula is C11H26NO3+. The molecule has 0 aromatic rings. The Morgan fingerprint density at radius 3 is 1.53 bits per heavy atom. The van der Waals surface area contributed by atoms with Crippen molar-refractivity contribution in [3.63, 3.8) is 0 Å². The van der Waals surface area contributed by atoms with Crippen molar-refractivity contribution in [2.24, 2.45) is 0 Å². The number of ether oxygens (including phenoxy) is 1. The molecule has 0 fully saturated rings. The highest BCUT2D eigenvalue weighted by molar-refractivity contribution is 5.65. The second-order valence-electron chi connectivity index (χ2n) is 3.36. The maximum absolute atomic E-state index is 9.82. The number of carbonyl (C=O) groups is 1. The van der Waals surface area contributed by atoms with Crippen molar-refractivity contribution >= 4 is 5.97 Å². The minimum absolute atomic E-state index is 0.211. The largest absolute Gasteiger partial charge is 0.466 e. The molecule has 0 aliphatic carbocycles. The Bertz CT molecular complexity index is 138. The molecule has 0 unspecified atom stereocenters. The summed E-state index contributed by atoms with van der Waals surface area (Å²) in [5.41, 5.74) is 0. The van der Waals surface area contributed by atoms with Gasteiger partial charge in [0.2, 0.25) is 0 Å². The molecule has 0 rings (SSSR count). The van der Waals surface area contributed by atoms with Crippen LogP contribution < -0.4 is 0 Å². The van der Waals surface area contributed by atoms with Gasteiger partial charge >= 0.3 is 5.97 Å². The van der Waals surface area contributed by atoms with E-state index in [2.05, 4.69) is 25.5 Å². The summed E-state index contributed by atoms with van der Waals surface area (Å²) in [7, 11) is 0. The molecule has 0 aromatic heterocycles. The first-order chi connectivity index (χ1) is 7.01. The summed E-state index contributed by atoms with van der Waals surface area (Å²) in [6.07, 6.45) is 0. The maximum atomic E-state index is 9.82. The number of quaternary nitrogens is 1. The van der Waals surface area contributed by atoms with E-state index in [1.807, 2.05) is 0 Å². The number of nitrogens with zero attached hydrogens (tertiary/aromatic N) is 1. The van der Waals surface area contributed by atoms with Gasteiger partial charge in [-0.15, -0.1) is 0 Å². The monoisotopic (exact) mass is 220 g/mol. The van der Waals surface area contributed by atoms with Crippen molar-refractivity contribution in [1.29, 1.82) is 0 Å². The minimum Gasteiger partial charge on any atom is -0.466 e. The molecule has 0 radical (unpaired) electrons. The van der Waals surface area contributed by atoms with E-state index in [1.165, 1.54) is 6.92 Å². The molecule has 0 aliphatic rings. The number of aliphatic hydroxyl groups is 1. The van der Waals surface area contributed by atoms with Gasteiger partial charge in [-0.1, -0.05) is 0 Å². The zero-order chi connectivity index (χ0) is 12.3. The fourth-order valence-corrected chi connectivity index (χ4v) is 1.17. The Kier molecular flexibility index (Phi) is 11.1. The van der Waals surface area contributed by atoms with Gasteiger partial charge in [-0.3, -0.25) is 4.79 Å². The summed E-state index contributed by atoms with van der Waals surface area (Å²) < 4.78 is 5.24. The molecule has 1 N–H and O–H groups in total. The number of carbonyl (C=O) groups excluding carboxylic acids is 1. The van der Waals surface area contributed by atoms with E-state index in [0.29, 0.717) is 6.61 Å². The van der Waals surface area contributed by atoms with Gasteiger partial charge in [0, 0.05) is 6.92 Å². The van der Waals surface area contributed by atoms with E-state index in [0.717, 1.165) is 24.1 Å². The van der Waals surface area contributed by atoms with Gasteiger partial charge in [0.1, 0.15) is 0 Å². The van der Waals surface area contributed by atoms with Crippen molar-refractivity contribution in [2.75, 3.05) is 33.0 Å². The van der Waals surface area contributed by atoms with Crippen molar-refractivity contribution in [3.8, 4) is 0 Å². The summed E-state index contributed by atoms with van der Waals surface area (Å²) >= 11 is 0. The van der Waals surface area contributed by atoms with E-state index < -0.39 is 0 Å². The highest BCUT2D eigenvalue weighted by Gasteiger charge is 2.17. The Morgan fingerprint density at radius 1 is 1.13 bits per heavy atom. The van der Waals surface area contributed by atoms with Crippen molar-refractivity contribution in [2.45, 2.75) is 34.6 Å². The smallest absolute Gasteiger partial charge is 0.302 e. The topological polar surface area (TPSA) is 46.5 Å². The van der Waals surface area contributed by atoms with Crippen molar-refractivity contribution in [3.05, 3.63) is 0 Å². The first-order valence-electron chi connectivity index (χ1n) is 5.61. The van der Waals surface area contributed by atoms with Crippen molar-refractivity contribution < 1.29 is 19.1 Å². The Balaban J connectivity index is 0. The fraction of sp³-hybridized carbons (Fsp3) is 0.909. The number of hydrogen-bond acceptors (Lipinski definition) is 3. The third-order valence-corrected chi connectivity index (χ3v) is 2.66. The van der Waals surface area contributed by atoms with Crippen LogP contribution in [0.1, 0.15) is 34.6 Å². The Labute approximate surface area is 93.4 Å². The lowest BCUT2D eigenvalue weighted by Gasteiger charge is -2.32. The predicted octanol–water partition coefficient (Wildman–Crippen LogP) is 1.38. The lowest BCUT2D eigenvalue weighted by molar-refractivity contribution is -0.940. The summed E-state index contributed by atoms with van der Waals surface area (Å²) in [5, 5.41) is 8.95. The first-order valence-corrected chi connectivity index (χ1v) is 5.61. The molecule has 0 aliphatic heterocycles. The van der Waals surface area contributed by atoms with Gasteiger partial charge in [0.15, 0.2) is 6.73 Å². The molecule has 92 valence electrons. The van der Waals surface area contributed by atoms with E-state index in [-0.39, 0.29) is 12.7 Å². The number of rotatable bonds is 5. The third kappa shape index (κ3) is 8.39. The van der Waals surface area contributed by atoms with Crippen LogP contribution in [-0.4, -0.2) is 48.5 Å². The predicted molar refractivity (Wildman–Crippen MR) is 61.3 cm³/mol. The Morgan fingerprint density at radius 2 is 1.53 bits per heavy atom. The lowest BCUT2D eigenvalue weighted by Crippen LogP contribution is -2.48.